The molecule has 2 aromatic carbocycles. The predicted molar refractivity (Wildman–Crippen MR) is 91.8 cm³/mol. The molecule has 4 nitrogen and oxygen atoms in total. The second-order valence-electron chi connectivity index (χ2n) is 5.18. The molecule has 5 heteroatoms. The van der Waals surface area contributed by atoms with E-state index in [0.717, 1.165) is 5.56 Å². The Bertz CT molecular complexity index is 974. The molecule has 25 heavy (non-hydrogen) atoms. The van der Waals surface area contributed by atoms with Gasteiger partial charge in [0.25, 0.3) is 0 Å². The molecule has 0 fully saturated rings. The van der Waals surface area contributed by atoms with E-state index in [0.29, 0.717) is 11.4 Å². The number of rotatable bonds is 4. The van der Waals surface area contributed by atoms with Gasteiger partial charge in [0.1, 0.15) is 17.5 Å². The van der Waals surface area contributed by atoms with Crippen LogP contribution in [0, 0.1) is 17.1 Å². The number of carbonyl (C=O) groups is 1. The minimum Gasteiger partial charge on any atom is -0.288 e. The number of nitriles is 1. The minimum atomic E-state index is -0.673. The van der Waals surface area contributed by atoms with Crippen LogP contribution in [0.25, 0.3) is 17.5 Å². The smallest absolute Gasteiger partial charge is 0.206 e. The molecule has 3 rings (SSSR count). The van der Waals surface area contributed by atoms with Crippen LogP contribution in [0.5, 0.6) is 0 Å². The standard InChI is InChI=1S/C20H12FN3O/c21-18-9-5-4-8-17(18)19(25)16(11-22)10-14-12-23-20(24-13-14)15-6-2-1-3-7-15/h1-10,12-13H. The third kappa shape index (κ3) is 3.65. The number of carbonyl (C=O) groups excluding carboxylic acids is 1. The van der Waals surface area contributed by atoms with Crippen LogP contribution in [-0.2, 0) is 0 Å². The SMILES string of the molecule is N#CC(=Cc1cnc(-c2ccccc2)nc1)C(=O)c1ccccc1F. The Balaban J connectivity index is 1.89. The van der Waals surface area contributed by atoms with Crippen molar-refractivity contribution in [1.82, 2.24) is 9.97 Å². The van der Waals surface area contributed by atoms with E-state index < -0.39 is 11.6 Å². The summed E-state index contributed by atoms with van der Waals surface area (Å²) in [6.45, 7) is 0. The van der Waals surface area contributed by atoms with Crippen molar-refractivity contribution in [2.75, 3.05) is 0 Å². The molecule has 0 atom stereocenters. The van der Waals surface area contributed by atoms with Crippen molar-refractivity contribution in [2.24, 2.45) is 0 Å². The first-order chi connectivity index (χ1) is 12.2. The quantitative estimate of drug-likeness (QED) is 0.411. The Hall–Kier alpha value is -3.65. The van der Waals surface area contributed by atoms with E-state index in [2.05, 4.69) is 9.97 Å². The summed E-state index contributed by atoms with van der Waals surface area (Å²) in [4.78, 5) is 20.8. The highest BCUT2D eigenvalue weighted by atomic mass is 19.1. The van der Waals surface area contributed by atoms with Crippen LogP contribution >= 0.6 is 0 Å². The van der Waals surface area contributed by atoms with Crippen LogP contribution < -0.4 is 0 Å². The summed E-state index contributed by atoms with van der Waals surface area (Å²) in [5.74, 6) is -0.797. The maximum Gasteiger partial charge on any atom is 0.206 e. The molecule has 0 aliphatic rings. The van der Waals surface area contributed by atoms with Gasteiger partial charge in [0.05, 0.1) is 5.56 Å². The zero-order valence-corrected chi connectivity index (χ0v) is 13.1. The zero-order valence-electron chi connectivity index (χ0n) is 13.1. The number of benzene rings is 2. The van der Waals surface area contributed by atoms with Crippen LogP contribution in [0.3, 0.4) is 0 Å². The van der Waals surface area contributed by atoms with E-state index in [1.807, 2.05) is 36.4 Å². The number of ketones is 1. The number of nitrogens with zero attached hydrogens (tertiary/aromatic N) is 3. The van der Waals surface area contributed by atoms with Gasteiger partial charge < -0.3 is 0 Å². The lowest BCUT2D eigenvalue weighted by atomic mass is 10.0. The fourth-order valence-corrected chi connectivity index (χ4v) is 2.25. The van der Waals surface area contributed by atoms with Gasteiger partial charge in [-0.2, -0.15) is 5.26 Å². The normalized spacial score (nSPS) is 11.0. The van der Waals surface area contributed by atoms with Gasteiger partial charge in [0.2, 0.25) is 5.78 Å². The Labute approximate surface area is 143 Å². The van der Waals surface area contributed by atoms with Gasteiger partial charge in [-0.3, -0.25) is 4.79 Å². The molecular weight excluding hydrogens is 317 g/mol. The first-order valence-electron chi connectivity index (χ1n) is 7.47. The second kappa shape index (κ2) is 7.28. The second-order valence-corrected chi connectivity index (χ2v) is 5.18. The molecule has 0 unspecified atom stereocenters. The van der Waals surface area contributed by atoms with Crippen molar-refractivity contribution in [3.05, 3.63) is 89.5 Å². The highest BCUT2D eigenvalue weighted by molar-refractivity contribution is 6.14. The molecule has 0 bridgehead atoms. The lowest BCUT2D eigenvalue weighted by Gasteiger charge is -2.02. The summed E-state index contributed by atoms with van der Waals surface area (Å²) in [6, 6.07) is 16.8. The summed E-state index contributed by atoms with van der Waals surface area (Å²) >= 11 is 0. The molecule has 0 aliphatic heterocycles. The summed E-state index contributed by atoms with van der Waals surface area (Å²) in [7, 11) is 0. The zero-order chi connectivity index (χ0) is 17.6. The highest BCUT2D eigenvalue weighted by Gasteiger charge is 2.16. The van der Waals surface area contributed by atoms with Crippen LogP contribution in [0.4, 0.5) is 4.39 Å². The van der Waals surface area contributed by atoms with E-state index >= 15 is 0 Å². The average molecular weight is 329 g/mol. The van der Waals surface area contributed by atoms with E-state index in [-0.39, 0.29) is 11.1 Å². The van der Waals surface area contributed by atoms with Crippen molar-refractivity contribution in [3.8, 4) is 17.5 Å². The van der Waals surface area contributed by atoms with Gasteiger partial charge in [0.15, 0.2) is 5.82 Å². The van der Waals surface area contributed by atoms with E-state index in [1.54, 1.807) is 6.07 Å². The van der Waals surface area contributed by atoms with Crippen molar-refractivity contribution < 1.29 is 9.18 Å². The third-order valence-corrected chi connectivity index (χ3v) is 3.50. The number of aromatic nitrogens is 2. The molecule has 0 N–H and O–H groups in total. The van der Waals surface area contributed by atoms with Crippen LogP contribution in [-0.4, -0.2) is 15.8 Å². The van der Waals surface area contributed by atoms with Crippen molar-refractivity contribution in [3.63, 3.8) is 0 Å². The van der Waals surface area contributed by atoms with E-state index in [4.69, 9.17) is 0 Å². The lowest BCUT2D eigenvalue weighted by molar-refractivity contribution is 0.103. The summed E-state index contributed by atoms with van der Waals surface area (Å²) in [5.41, 5.74) is 1.03. The fourth-order valence-electron chi connectivity index (χ4n) is 2.25. The third-order valence-electron chi connectivity index (χ3n) is 3.50. The van der Waals surface area contributed by atoms with Crippen molar-refractivity contribution in [1.29, 1.82) is 5.26 Å². The molecule has 0 amide bonds. The maximum absolute atomic E-state index is 13.7. The number of hydrogen-bond acceptors (Lipinski definition) is 4. The molecule has 3 aromatic rings. The van der Waals surface area contributed by atoms with Gasteiger partial charge in [-0.05, 0) is 18.2 Å². The molecule has 0 spiro atoms. The average Bonchev–Trinajstić information content (AvgIpc) is 2.67. The molecule has 0 radical (unpaired) electrons. The largest absolute Gasteiger partial charge is 0.288 e. The van der Waals surface area contributed by atoms with Gasteiger partial charge in [-0.15, -0.1) is 0 Å². The minimum absolute atomic E-state index is 0.142. The Morgan fingerprint density at radius 1 is 1.00 bits per heavy atom. The molecule has 0 aliphatic carbocycles. The first-order valence-corrected chi connectivity index (χ1v) is 7.47. The van der Waals surface area contributed by atoms with Gasteiger partial charge in [-0.25, -0.2) is 14.4 Å². The van der Waals surface area contributed by atoms with Crippen molar-refractivity contribution in [2.45, 2.75) is 0 Å². The van der Waals surface area contributed by atoms with E-state index in [9.17, 15) is 14.4 Å². The highest BCUT2D eigenvalue weighted by Crippen LogP contribution is 2.17. The van der Waals surface area contributed by atoms with Crippen LogP contribution in [0.1, 0.15) is 15.9 Å². The molecule has 120 valence electrons. The van der Waals surface area contributed by atoms with E-state index in [1.165, 1.54) is 36.7 Å². The molecule has 0 saturated heterocycles. The topological polar surface area (TPSA) is 66.6 Å². The molecular formula is C20H12FN3O. The summed E-state index contributed by atoms with van der Waals surface area (Å²) < 4.78 is 13.7. The van der Waals surface area contributed by atoms with Crippen molar-refractivity contribution >= 4 is 11.9 Å². The molecule has 1 heterocycles. The Morgan fingerprint density at radius 3 is 2.28 bits per heavy atom. The van der Waals surface area contributed by atoms with Gasteiger partial charge in [-0.1, -0.05) is 42.5 Å². The fraction of sp³-hybridized carbons (Fsp3) is 0. The van der Waals surface area contributed by atoms with Crippen LogP contribution in [0.2, 0.25) is 0 Å². The summed E-state index contributed by atoms with van der Waals surface area (Å²) in [6.07, 6.45) is 4.38. The Morgan fingerprint density at radius 2 is 1.64 bits per heavy atom. The monoisotopic (exact) mass is 329 g/mol. The first kappa shape index (κ1) is 16.2. The van der Waals surface area contributed by atoms with Gasteiger partial charge >= 0.3 is 0 Å². The number of allylic oxidation sites excluding steroid dienone is 1. The molecule has 1 aromatic heterocycles. The predicted octanol–water partition coefficient (Wildman–Crippen LogP) is 4.07. The molecule has 0 saturated carbocycles. The van der Waals surface area contributed by atoms with Gasteiger partial charge in [0, 0.05) is 23.5 Å². The Kier molecular flexibility index (Phi) is 4.72. The van der Waals surface area contributed by atoms with Crippen LogP contribution in [0.15, 0.2) is 72.6 Å². The number of hydrogen-bond donors (Lipinski definition) is 0. The number of Topliss-reactive ketones (excluding diaryl/α,β-unsaturated/α-hetero) is 1. The lowest BCUT2D eigenvalue weighted by Crippen LogP contribution is -2.04. The summed E-state index contributed by atoms with van der Waals surface area (Å²) in [5, 5.41) is 9.24. The maximum atomic E-state index is 13.7. The number of halogens is 1.